The minimum absolute atomic E-state index is 0.0652. The molecule has 21 heavy (non-hydrogen) atoms. The lowest BCUT2D eigenvalue weighted by molar-refractivity contribution is -0.0566. The van der Waals surface area contributed by atoms with E-state index in [1.165, 1.54) is 44.1 Å². The van der Waals surface area contributed by atoms with E-state index in [2.05, 4.69) is 42.2 Å². The maximum absolute atomic E-state index is 10.4. The van der Waals surface area contributed by atoms with E-state index in [4.69, 9.17) is 0 Å². The number of hydrogen-bond acceptors (Lipinski definition) is 2. The average molecular weight is 287 g/mol. The molecule has 0 radical (unpaired) electrons. The summed E-state index contributed by atoms with van der Waals surface area (Å²) in [4.78, 5) is 2.73. The van der Waals surface area contributed by atoms with Crippen LogP contribution in [-0.4, -0.2) is 28.2 Å². The largest absolute Gasteiger partial charge is 0.393 e. The summed E-state index contributed by atoms with van der Waals surface area (Å²) in [5.41, 5.74) is 1.42. The van der Waals surface area contributed by atoms with Crippen molar-refractivity contribution in [3.05, 3.63) is 35.9 Å². The molecule has 3 rings (SSSR count). The van der Waals surface area contributed by atoms with Crippen molar-refractivity contribution >= 4 is 0 Å². The van der Waals surface area contributed by atoms with Crippen LogP contribution in [-0.2, 0) is 6.54 Å². The van der Waals surface area contributed by atoms with Crippen molar-refractivity contribution in [2.24, 2.45) is 5.92 Å². The van der Waals surface area contributed by atoms with Crippen LogP contribution < -0.4 is 0 Å². The first kappa shape index (κ1) is 15.1. The Kier molecular flexibility index (Phi) is 4.97. The SMILES string of the molecule is CCC[C@H]1CC[C@@H]2[C@@H](CCC[C@@H]2O)N1Cc1ccccc1. The van der Waals surface area contributed by atoms with Gasteiger partial charge in [0.05, 0.1) is 6.10 Å². The third-order valence-electron chi connectivity index (χ3n) is 5.55. The maximum Gasteiger partial charge on any atom is 0.0583 e. The van der Waals surface area contributed by atoms with Gasteiger partial charge < -0.3 is 5.11 Å². The van der Waals surface area contributed by atoms with E-state index in [1.807, 2.05) is 0 Å². The second kappa shape index (κ2) is 6.93. The van der Waals surface area contributed by atoms with Crippen LogP contribution in [0.5, 0.6) is 0 Å². The van der Waals surface area contributed by atoms with Gasteiger partial charge in [0.2, 0.25) is 0 Å². The average Bonchev–Trinajstić information content (AvgIpc) is 2.51. The van der Waals surface area contributed by atoms with Gasteiger partial charge in [-0.1, -0.05) is 43.7 Å². The van der Waals surface area contributed by atoms with Gasteiger partial charge in [0.15, 0.2) is 0 Å². The molecule has 116 valence electrons. The van der Waals surface area contributed by atoms with Crippen LogP contribution >= 0.6 is 0 Å². The lowest BCUT2D eigenvalue weighted by Gasteiger charge is -2.50. The Bertz CT molecular complexity index is 432. The zero-order valence-electron chi connectivity index (χ0n) is 13.2. The Morgan fingerprint density at radius 2 is 1.90 bits per heavy atom. The second-order valence-corrected chi connectivity index (χ2v) is 6.91. The molecule has 1 saturated carbocycles. The van der Waals surface area contributed by atoms with Gasteiger partial charge in [-0.2, -0.15) is 0 Å². The third kappa shape index (κ3) is 3.32. The third-order valence-corrected chi connectivity index (χ3v) is 5.55. The molecule has 1 aromatic carbocycles. The number of rotatable bonds is 4. The first-order valence-electron chi connectivity index (χ1n) is 8.77. The summed E-state index contributed by atoms with van der Waals surface area (Å²) in [5, 5.41) is 10.4. The summed E-state index contributed by atoms with van der Waals surface area (Å²) < 4.78 is 0. The molecule has 1 heterocycles. The highest BCUT2D eigenvalue weighted by Crippen LogP contribution is 2.39. The first-order chi connectivity index (χ1) is 10.3. The highest BCUT2D eigenvalue weighted by atomic mass is 16.3. The highest BCUT2D eigenvalue weighted by molar-refractivity contribution is 5.15. The van der Waals surface area contributed by atoms with Gasteiger partial charge >= 0.3 is 0 Å². The molecular formula is C19H29NO. The van der Waals surface area contributed by atoms with E-state index >= 15 is 0 Å². The number of nitrogens with zero attached hydrogens (tertiary/aromatic N) is 1. The van der Waals surface area contributed by atoms with Gasteiger partial charge in [0.1, 0.15) is 0 Å². The molecule has 0 aromatic heterocycles. The quantitative estimate of drug-likeness (QED) is 0.905. The second-order valence-electron chi connectivity index (χ2n) is 6.91. The maximum atomic E-state index is 10.4. The van der Waals surface area contributed by atoms with Crippen LogP contribution in [0, 0.1) is 5.92 Å². The Hall–Kier alpha value is -0.860. The molecule has 2 aliphatic rings. The molecule has 0 amide bonds. The van der Waals surface area contributed by atoms with Crippen molar-refractivity contribution in [2.75, 3.05) is 0 Å². The normalized spacial score (nSPS) is 33.6. The molecule has 1 aliphatic heterocycles. The Morgan fingerprint density at radius 1 is 1.10 bits per heavy atom. The fourth-order valence-electron chi connectivity index (χ4n) is 4.52. The van der Waals surface area contributed by atoms with Gasteiger partial charge in [-0.3, -0.25) is 4.90 Å². The smallest absolute Gasteiger partial charge is 0.0583 e. The molecule has 2 nitrogen and oxygen atoms in total. The van der Waals surface area contributed by atoms with Gasteiger partial charge in [-0.05, 0) is 44.1 Å². The van der Waals surface area contributed by atoms with E-state index in [0.717, 1.165) is 13.0 Å². The lowest BCUT2D eigenvalue weighted by Crippen LogP contribution is -2.55. The van der Waals surface area contributed by atoms with E-state index in [1.54, 1.807) is 0 Å². The molecule has 2 heteroatoms. The number of likely N-dealkylation sites (tertiary alicyclic amines) is 1. The number of benzene rings is 1. The standard InChI is InChI=1S/C19H29NO/c1-2-7-16-12-13-17-18(10-6-11-19(17)21)20(16)14-15-8-4-3-5-9-15/h3-5,8-9,16-19,21H,2,6-7,10-14H2,1H3/t16-,17+,18+,19-/m0/s1. The Labute approximate surface area is 129 Å². The van der Waals surface area contributed by atoms with Gasteiger partial charge in [0, 0.05) is 24.5 Å². The van der Waals surface area contributed by atoms with Crippen molar-refractivity contribution < 1.29 is 5.11 Å². The molecule has 0 unspecified atom stereocenters. The molecule has 0 spiro atoms. The molecule has 1 N–H and O–H groups in total. The molecule has 0 bridgehead atoms. The van der Waals surface area contributed by atoms with E-state index in [9.17, 15) is 5.11 Å². The summed E-state index contributed by atoms with van der Waals surface area (Å²) >= 11 is 0. The minimum atomic E-state index is -0.0652. The van der Waals surface area contributed by atoms with Gasteiger partial charge in [0.25, 0.3) is 0 Å². The zero-order chi connectivity index (χ0) is 14.7. The Morgan fingerprint density at radius 3 is 2.67 bits per heavy atom. The van der Waals surface area contributed by atoms with Gasteiger partial charge in [-0.15, -0.1) is 0 Å². The highest BCUT2D eigenvalue weighted by Gasteiger charge is 2.41. The number of piperidine rings is 1. The summed E-state index contributed by atoms with van der Waals surface area (Å²) in [6, 6.07) is 12.2. The van der Waals surface area contributed by atoms with Crippen molar-refractivity contribution in [1.82, 2.24) is 4.90 Å². The van der Waals surface area contributed by atoms with Crippen molar-refractivity contribution in [2.45, 2.75) is 76.6 Å². The fraction of sp³-hybridized carbons (Fsp3) is 0.684. The van der Waals surface area contributed by atoms with Crippen molar-refractivity contribution in [1.29, 1.82) is 0 Å². The number of hydrogen-bond donors (Lipinski definition) is 1. The van der Waals surface area contributed by atoms with Crippen LogP contribution in [0.1, 0.15) is 57.4 Å². The zero-order valence-corrected chi connectivity index (χ0v) is 13.2. The van der Waals surface area contributed by atoms with Crippen LogP contribution in [0.3, 0.4) is 0 Å². The molecule has 2 fully saturated rings. The molecule has 1 aliphatic carbocycles. The first-order valence-corrected chi connectivity index (χ1v) is 8.77. The Balaban J connectivity index is 1.79. The summed E-state index contributed by atoms with van der Waals surface area (Å²) in [6.45, 7) is 3.35. The summed E-state index contributed by atoms with van der Waals surface area (Å²) in [6.07, 6.45) is 8.45. The fourth-order valence-corrected chi connectivity index (χ4v) is 4.52. The molecule has 1 saturated heterocycles. The van der Waals surface area contributed by atoms with Gasteiger partial charge in [-0.25, -0.2) is 0 Å². The predicted octanol–water partition coefficient (Wildman–Crippen LogP) is 3.98. The van der Waals surface area contributed by atoms with Crippen LogP contribution in [0.15, 0.2) is 30.3 Å². The van der Waals surface area contributed by atoms with E-state index in [0.29, 0.717) is 18.0 Å². The van der Waals surface area contributed by atoms with E-state index in [-0.39, 0.29) is 6.10 Å². The summed E-state index contributed by atoms with van der Waals surface area (Å²) in [7, 11) is 0. The topological polar surface area (TPSA) is 23.5 Å². The van der Waals surface area contributed by atoms with Crippen molar-refractivity contribution in [3.8, 4) is 0 Å². The predicted molar refractivity (Wildman–Crippen MR) is 87.1 cm³/mol. The number of fused-ring (bicyclic) bond motifs is 1. The molecular weight excluding hydrogens is 258 g/mol. The van der Waals surface area contributed by atoms with Crippen LogP contribution in [0.25, 0.3) is 0 Å². The minimum Gasteiger partial charge on any atom is -0.393 e. The number of aliphatic hydroxyl groups is 1. The van der Waals surface area contributed by atoms with Crippen molar-refractivity contribution in [3.63, 3.8) is 0 Å². The molecule has 4 atom stereocenters. The molecule has 1 aromatic rings. The van der Waals surface area contributed by atoms with Crippen LogP contribution in [0.2, 0.25) is 0 Å². The number of aliphatic hydroxyl groups excluding tert-OH is 1. The lowest BCUT2D eigenvalue weighted by atomic mass is 9.74. The monoisotopic (exact) mass is 287 g/mol. The van der Waals surface area contributed by atoms with E-state index < -0.39 is 0 Å². The van der Waals surface area contributed by atoms with Crippen LogP contribution in [0.4, 0.5) is 0 Å². The summed E-state index contributed by atoms with van der Waals surface area (Å²) in [5.74, 6) is 0.510.